The number of nitrogens with one attached hydrogen (secondary N) is 2. The number of amides is 2. The van der Waals surface area contributed by atoms with Gasteiger partial charge in [-0.2, -0.15) is 0 Å². The molecule has 2 unspecified atom stereocenters. The quantitative estimate of drug-likeness (QED) is 0.875. The number of anilines is 1. The van der Waals surface area contributed by atoms with Crippen LogP contribution in [0.3, 0.4) is 0 Å². The predicted octanol–water partition coefficient (Wildman–Crippen LogP) is 1.41. The maximum Gasteiger partial charge on any atom is 0.251 e. The minimum atomic E-state index is -0.0657. The van der Waals surface area contributed by atoms with Crippen LogP contribution in [0.5, 0.6) is 0 Å². The van der Waals surface area contributed by atoms with Crippen molar-refractivity contribution in [2.45, 2.75) is 38.9 Å². The predicted molar refractivity (Wildman–Crippen MR) is 92.2 cm³/mol. The van der Waals surface area contributed by atoms with E-state index in [1.165, 1.54) is 0 Å². The molecule has 0 aliphatic carbocycles. The number of carbonyl (C=O) groups excluding carboxylic acids is 2. The lowest BCUT2D eigenvalue weighted by molar-refractivity contribution is -0.116. The Kier molecular flexibility index (Phi) is 5.16. The summed E-state index contributed by atoms with van der Waals surface area (Å²) >= 11 is 0. The van der Waals surface area contributed by atoms with Gasteiger partial charge in [0.2, 0.25) is 5.91 Å². The van der Waals surface area contributed by atoms with Crippen LogP contribution >= 0.6 is 0 Å². The van der Waals surface area contributed by atoms with Crippen molar-refractivity contribution in [1.82, 2.24) is 10.2 Å². The molecule has 1 aromatic rings. The topological polar surface area (TPSA) is 70.7 Å². The van der Waals surface area contributed by atoms with Gasteiger partial charge in [-0.1, -0.05) is 0 Å². The second-order valence-electron chi connectivity index (χ2n) is 6.69. The molecule has 2 amide bonds. The zero-order chi connectivity index (χ0) is 17.1. The molecule has 1 saturated heterocycles. The van der Waals surface area contributed by atoms with E-state index in [9.17, 15) is 9.59 Å². The SMILES string of the molecule is CC1CN(CCNC(=O)c2ccc3c(c2)CCC(=O)N3)CC(C)O1. The van der Waals surface area contributed by atoms with Gasteiger partial charge in [-0.25, -0.2) is 0 Å². The summed E-state index contributed by atoms with van der Waals surface area (Å²) in [7, 11) is 0. The maximum atomic E-state index is 12.3. The number of aryl methyl sites for hydroxylation is 1. The number of carbonyl (C=O) groups is 2. The van der Waals surface area contributed by atoms with Gasteiger partial charge in [0.25, 0.3) is 5.91 Å². The molecule has 130 valence electrons. The number of hydrogen-bond acceptors (Lipinski definition) is 4. The van der Waals surface area contributed by atoms with Gasteiger partial charge in [0.05, 0.1) is 12.2 Å². The maximum absolute atomic E-state index is 12.3. The molecule has 2 atom stereocenters. The number of rotatable bonds is 4. The Bertz CT molecular complexity index is 622. The van der Waals surface area contributed by atoms with Crippen LogP contribution in [0.2, 0.25) is 0 Å². The van der Waals surface area contributed by atoms with Crippen LogP contribution in [0.1, 0.15) is 36.2 Å². The van der Waals surface area contributed by atoms with Crippen LogP contribution < -0.4 is 10.6 Å². The van der Waals surface area contributed by atoms with Crippen molar-refractivity contribution in [2.24, 2.45) is 0 Å². The molecule has 1 fully saturated rings. The first kappa shape index (κ1) is 16.9. The average Bonchev–Trinajstić information content (AvgIpc) is 2.53. The van der Waals surface area contributed by atoms with Crippen molar-refractivity contribution in [3.05, 3.63) is 29.3 Å². The van der Waals surface area contributed by atoms with Crippen LogP contribution in [0, 0.1) is 0 Å². The minimum absolute atomic E-state index is 0.0358. The highest BCUT2D eigenvalue weighted by Gasteiger charge is 2.22. The van der Waals surface area contributed by atoms with Crippen molar-refractivity contribution >= 4 is 17.5 Å². The van der Waals surface area contributed by atoms with E-state index in [2.05, 4.69) is 29.4 Å². The Morgan fingerprint density at radius 1 is 1.29 bits per heavy atom. The fraction of sp³-hybridized carbons (Fsp3) is 0.556. The van der Waals surface area contributed by atoms with Crippen LogP contribution in [0.15, 0.2) is 18.2 Å². The lowest BCUT2D eigenvalue weighted by Crippen LogP contribution is -2.47. The zero-order valence-corrected chi connectivity index (χ0v) is 14.3. The molecule has 0 radical (unpaired) electrons. The third kappa shape index (κ3) is 4.13. The lowest BCUT2D eigenvalue weighted by atomic mass is 10.00. The molecule has 0 bridgehead atoms. The fourth-order valence-electron chi connectivity index (χ4n) is 3.42. The first-order chi connectivity index (χ1) is 11.5. The van der Waals surface area contributed by atoms with Gasteiger partial charge in [-0.15, -0.1) is 0 Å². The number of fused-ring (bicyclic) bond motifs is 1. The van der Waals surface area contributed by atoms with E-state index in [4.69, 9.17) is 4.74 Å². The van der Waals surface area contributed by atoms with Gasteiger partial charge in [-0.3, -0.25) is 14.5 Å². The van der Waals surface area contributed by atoms with E-state index >= 15 is 0 Å². The number of morpholine rings is 1. The molecule has 2 N–H and O–H groups in total. The molecule has 1 aromatic carbocycles. The van der Waals surface area contributed by atoms with Gasteiger partial charge < -0.3 is 15.4 Å². The van der Waals surface area contributed by atoms with Crippen LogP contribution in [0.25, 0.3) is 0 Å². The number of ether oxygens (including phenoxy) is 1. The third-order valence-electron chi connectivity index (χ3n) is 4.47. The Morgan fingerprint density at radius 3 is 2.79 bits per heavy atom. The first-order valence-corrected chi connectivity index (χ1v) is 8.60. The molecule has 6 heteroatoms. The van der Waals surface area contributed by atoms with Crippen molar-refractivity contribution in [3.63, 3.8) is 0 Å². The third-order valence-corrected chi connectivity index (χ3v) is 4.47. The van der Waals surface area contributed by atoms with E-state index in [0.717, 1.165) is 30.9 Å². The number of benzene rings is 1. The van der Waals surface area contributed by atoms with Crippen molar-refractivity contribution < 1.29 is 14.3 Å². The molecule has 0 spiro atoms. The van der Waals surface area contributed by atoms with Crippen molar-refractivity contribution in [3.8, 4) is 0 Å². The van der Waals surface area contributed by atoms with Gasteiger partial charge in [-0.05, 0) is 44.0 Å². The summed E-state index contributed by atoms with van der Waals surface area (Å²) in [4.78, 5) is 26.0. The van der Waals surface area contributed by atoms with E-state index in [1.54, 1.807) is 6.07 Å². The Labute approximate surface area is 142 Å². The van der Waals surface area contributed by atoms with E-state index in [0.29, 0.717) is 24.9 Å². The Hall–Kier alpha value is -1.92. The summed E-state index contributed by atoms with van der Waals surface area (Å²) in [6.07, 6.45) is 1.64. The second kappa shape index (κ2) is 7.32. The summed E-state index contributed by atoms with van der Waals surface area (Å²) in [6.45, 7) is 7.40. The molecule has 2 aliphatic rings. The molecule has 0 saturated carbocycles. The molecule has 3 rings (SSSR count). The van der Waals surface area contributed by atoms with Gasteiger partial charge in [0.1, 0.15) is 0 Å². The van der Waals surface area contributed by atoms with Crippen molar-refractivity contribution in [2.75, 3.05) is 31.5 Å². The van der Waals surface area contributed by atoms with Crippen LogP contribution in [-0.4, -0.2) is 55.1 Å². The summed E-state index contributed by atoms with van der Waals surface area (Å²) < 4.78 is 5.71. The summed E-state index contributed by atoms with van der Waals surface area (Å²) in [6, 6.07) is 5.45. The Morgan fingerprint density at radius 2 is 2.04 bits per heavy atom. The molecular weight excluding hydrogens is 306 g/mol. The average molecular weight is 331 g/mol. The summed E-state index contributed by atoms with van der Waals surface area (Å²) in [5, 5.41) is 5.81. The standard InChI is InChI=1S/C18H25N3O3/c1-12-10-21(11-13(2)24-12)8-7-19-18(23)15-3-5-16-14(9-15)4-6-17(22)20-16/h3,5,9,12-13H,4,6-8,10-11H2,1-2H3,(H,19,23)(H,20,22). The molecular formula is C18H25N3O3. The first-order valence-electron chi connectivity index (χ1n) is 8.60. The van der Waals surface area contributed by atoms with Gasteiger partial charge >= 0.3 is 0 Å². The minimum Gasteiger partial charge on any atom is -0.373 e. The van der Waals surface area contributed by atoms with Crippen LogP contribution in [-0.2, 0) is 16.0 Å². The molecule has 6 nitrogen and oxygen atoms in total. The second-order valence-corrected chi connectivity index (χ2v) is 6.69. The Balaban J connectivity index is 1.51. The van der Waals surface area contributed by atoms with E-state index in [1.807, 2.05) is 12.1 Å². The molecule has 0 aromatic heterocycles. The van der Waals surface area contributed by atoms with E-state index in [-0.39, 0.29) is 24.0 Å². The fourth-order valence-corrected chi connectivity index (χ4v) is 3.42. The highest BCUT2D eigenvalue weighted by molar-refractivity contribution is 5.97. The smallest absolute Gasteiger partial charge is 0.251 e. The van der Waals surface area contributed by atoms with E-state index < -0.39 is 0 Å². The lowest BCUT2D eigenvalue weighted by Gasteiger charge is -2.35. The summed E-state index contributed by atoms with van der Waals surface area (Å²) in [5.41, 5.74) is 2.49. The summed E-state index contributed by atoms with van der Waals surface area (Å²) in [5.74, 6) is -0.0299. The van der Waals surface area contributed by atoms with Gasteiger partial charge in [0.15, 0.2) is 0 Å². The molecule has 2 heterocycles. The number of hydrogen-bond donors (Lipinski definition) is 2. The monoisotopic (exact) mass is 331 g/mol. The van der Waals surface area contributed by atoms with Gasteiger partial charge in [0, 0.05) is 43.9 Å². The normalized spacial score (nSPS) is 24.2. The highest BCUT2D eigenvalue weighted by Crippen LogP contribution is 2.23. The molecule has 2 aliphatic heterocycles. The number of nitrogens with zero attached hydrogens (tertiary/aromatic N) is 1. The highest BCUT2D eigenvalue weighted by atomic mass is 16.5. The van der Waals surface area contributed by atoms with Crippen LogP contribution in [0.4, 0.5) is 5.69 Å². The van der Waals surface area contributed by atoms with Crippen molar-refractivity contribution in [1.29, 1.82) is 0 Å². The zero-order valence-electron chi connectivity index (χ0n) is 14.3. The largest absolute Gasteiger partial charge is 0.373 e. The molecule has 24 heavy (non-hydrogen) atoms.